The van der Waals surface area contributed by atoms with E-state index in [-0.39, 0.29) is 0 Å². The van der Waals surface area contributed by atoms with Crippen LogP contribution in [0.3, 0.4) is 0 Å². The molecule has 4 bridgehead atoms. The molecule has 0 unspecified atom stereocenters. The van der Waals surface area contributed by atoms with E-state index < -0.39 is 0 Å². The molecule has 1 aromatic rings. The van der Waals surface area contributed by atoms with E-state index in [0.717, 1.165) is 29.4 Å². The Morgan fingerprint density at radius 1 is 1.00 bits per heavy atom. The van der Waals surface area contributed by atoms with Gasteiger partial charge in [0.05, 0.1) is 11.9 Å². The zero-order valence-corrected chi connectivity index (χ0v) is 10.4. The lowest BCUT2D eigenvalue weighted by molar-refractivity contribution is -0.00455. The fourth-order valence-electron chi connectivity index (χ4n) is 4.91. The predicted octanol–water partition coefficient (Wildman–Crippen LogP) is 1.70. The maximum atomic E-state index is 5.28. The van der Waals surface area contributed by atoms with Crippen LogP contribution in [0.4, 0.5) is 5.95 Å². The van der Waals surface area contributed by atoms with Gasteiger partial charge in [-0.3, -0.25) is 5.43 Å². The molecule has 0 aliphatic heterocycles. The van der Waals surface area contributed by atoms with Crippen LogP contribution in [0.2, 0.25) is 0 Å². The van der Waals surface area contributed by atoms with Crippen molar-refractivity contribution < 1.29 is 0 Å². The molecule has 4 saturated carbocycles. The summed E-state index contributed by atoms with van der Waals surface area (Å²) in [7, 11) is 0. The third-order valence-corrected chi connectivity index (χ3v) is 5.28. The minimum absolute atomic E-state index is 0.405. The molecule has 3 N–H and O–H groups in total. The smallest absolute Gasteiger partial charge is 0.256 e. The molecular weight excluding hydrogens is 226 g/mol. The molecule has 5 nitrogen and oxygen atoms in total. The number of nitrogen functional groups attached to an aromatic ring is 1. The largest absolute Gasteiger partial charge is 0.291 e. The van der Waals surface area contributed by atoms with Crippen molar-refractivity contribution in [3.8, 4) is 0 Å². The van der Waals surface area contributed by atoms with Crippen LogP contribution in [-0.2, 0) is 0 Å². The van der Waals surface area contributed by atoms with Crippen molar-refractivity contribution in [2.24, 2.45) is 29.5 Å². The first-order chi connectivity index (χ1) is 8.83. The summed E-state index contributed by atoms with van der Waals surface area (Å²) in [5.74, 6) is 9.93. The van der Waals surface area contributed by atoms with Crippen LogP contribution in [0.25, 0.3) is 0 Å². The van der Waals surface area contributed by atoms with Crippen molar-refractivity contribution in [3.63, 3.8) is 0 Å². The van der Waals surface area contributed by atoms with Gasteiger partial charge in [0.25, 0.3) is 5.95 Å². The first-order valence-corrected chi connectivity index (χ1v) is 6.99. The van der Waals surface area contributed by atoms with E-state index in [1.165, 1.54) is 32.1 Å². The molecule has 5 rings (SSSR count). The number of anilines is 1. The van der Waals surface area contributed by atoms with E-state index in [1.54, 1.807) is 0 Å². The Bertz CT molecular complexity index is 415. The summed E-state index contributed by atoms with van der Waals surface area (Å²) in [5, 5.41) is 8.37. The molecule has 4 fully saturated rings. The van der Waals surface area contributed by atoms with E-state index in [1.807, 2.05) is 6.20 Å². The van der Waals surface area contributed by atoms with Crippen molar-refractivity contribution in [1.82, 2.24) is 15.2 Å². The van der Waals surface area contributed by atoms with Crippen LogP contribution in [0.15, 0.2) is 6.20 Å². The zero-order chi connectivity index (χ0) is 12.1. The van der Waals surface area contributed by atoms with E-state index in [9.17, 15) is 0 Å². The molecule has 0 aromatic carbocycles. The Labute approximate surface area is 107 Å². The molecule has 0 saturated heterocycles. The zero-order valence-electron chi connectivity index (χ0n) is 10.4. The molecule has 4 aliphatic rings. The van der Waals surface area contributed by atoms with Gasteiger partial charge in [-0.2, -0.15) is 0 Å². The maximum absolute atomic E-state index is 5.28. The predicted molar refractivity (Wildman–Crippen MR) is 67.4 cm³/mol. The summed E-state index contributed by atoms with van der Waals surface area (Å²) in [6.07, 6.45) is 8.95. The van der Waals surface area contributed by atoms with Gasteiger partial charge in [-0.25, -0.2) is 10.8 Å². The van der Waals surface area contributed by atoms with E-state index in [2.05, 4.69) is 20.6 Å². The van der Waals surface area contributed by atoms with Crippen molar-refractivity contribution in [1.29, 1.82) is 0 Å². The van der Waals surface area contributed by atoms with Gasteiger partial charge < -0.3 is 0 Å². The average Bonchev–Trinajstić information content (AvgIpc) is 2.38. The highest BCUT2D eigenvalue weighted by Crippen LogP contribution is 2.59. The number of nitrogens with one attached hydrogen (secondary N) is 1. The summed E-state index contributed by atoms with van der Waals surface area (Å²) in [6.45, 7) is 0. The highest BCUT2D eigenvalue weighted by molar-refractivity contribution is 5.21. The Morgan fingerprint density at radius 2 is 1.67 bits per heavy atom. The second-order valence-electron chi connectivity index (χ2n) is 6.31. The number of nitrogens with zero attached hydrogens (tertiary/aromatic N) is 3. The fraction of sp³-hybridized carbons (Fsp3) is 0.769. The second kappa shape index (κ2) is 3.88. The SMILES string of the molecule is NNc1ncc(C2C3CC4CC(C3)CC2C4)nn1. The number of hydrogen-bond acceptors (Lipinski definition) is 5. The lowest BCUT2D eigenvalue weighted by Crippen LogP contribution is -2.44. The van der Waals surface area contributed by atoms with Crippen molar-refractivity contribution in [2.45, 2.75) is 38.0 Å². The third kappa shape index (κ3) is 1.53. The molecule has 0 radical (unpaired) electrons. The summed E-state index contributed by atoms with van der Waals surface area (Å²) < 4.78 is 0. The van der Waals surface area contributed by atoms with E-state index >= 15 is 0 Å². The average molecular weight is 245 g/mol. The van der Waals surface area contributed by atoms with Gasteiger partial charge in [0.2, 0.25) is 0 Å². The molecule has 5 heteroatoms. The van der Waals surface area contributed by atoms with Crippen LogP contribution in [0, 0.1) is 23.7 Å². The number of hydrazine groups is 1. The standard InChI is InChI=1S/C13H19N5/c14-16-13-15-6-11(17-18-13)12-9-2-7-1-8(4-9)5-10(12)3-7/h6-10,12H,1-5,14H2,(H,15,16,18). The number of hydrogen-bond donors (Lipinski definition) is 2. The quantitative estimate of drug-likeness (QED) is 0.612. The monoisotopic (exact) mass is 245 g/mol. The van der Waals surface area contributed by atoms with Crippen molar-refractivity contribution in [3.05, 3.63) is 11.9 Å². The lowest BCUT2D eigenvalue weighted by Gasteiger charge is -2.54. The Balaban J connectivity index is 1.63. The van der Waals surface area contributed by atoms with Crippen LogP contribution in [0.5, 0.6) is 0 Å². The number of rotatable bonds is 2. The fourth-order valence-corrected chi connectivity index (χ4v) is 4.91. The molecule has 96 valence electrons. The van der Waals surface area contributed by atoms with Gasteiger partial charge in [-0.1, -0.05) is 0 Å². The highest BCUT2D eigenvalue weighted by atomic mass is 15.3. The minimum Gasteiger partial charge on any atom is -0.291 e. The molecule has 1 heterocycles. The van der Waals surface area contributed by atoms with Gasteiger partial charge in [-0.15, -0.1) is 10.2 Å². The Hall–Kier alpha value is -1.23. The molecule has 18 heavy (non-hydrogen) atoms. The summed E-state index contributed by atoms with van der Waals surface area (Å²) in [6, 6.07) is 0. The van der Waals surface area contributed by atoms with Gasteiger partial charge in [0.15, 0.2) is 0 Å². The van der Waals surface area contributed by atoms with Gasteiger partial charge in [0, 0.05) is 5.92 Å². The molecule has 0 atom stereocenters. The van der Waals surface area contributed by atoms with Crippen molar-refractivity contribution in [2.75, 3.05) is 5.43 Å². The van der Waals surface area contributed by atoms with Crippen LogP contribution >= 0.6 is 0 Å². The molecular formula is C13H19N5. The topological polar surface area (TPSA) is 76.7 Å². The van der Waals surface area contributed by atoms with Gasteiger partial charge in [-0.05, 0) is 55.8 Å². The summed E-state index contributed by atoms with van der Waals surface area (Å²) in [5.41, 5.74) is 3.52. The lowest BCUT2D eigenvalue weighted by atomic mass is 9.51. The first kappa shape index (κ1) is 10.7. The molecule has 0 amide bonds. The Kier molecular flexibility index (Phi) is 2.30. The van der Waals surface area contributed by atoms with Gasteiger partial charge >= 0.3 is 0 Å². The van der Waals surface area contributed by atoms with Crippen molar-refractivity contribution >= 4 is 5.95 Å². The molecule has 0 spiro atoms. The molecule has 4 aliphatic carbocycles. The number of aromatic nitrogens is 3. The normalized spacial score (nSPS) is 41.1. The van der Waals surface area contributed by atoms with Crippen LogP contribution in [0.1, 0.15) is 43.7 Å². The van der Waals surface area contributed by atoms with Crippen LogP contribution < -0.4 is 11.3 Å². The summed E-state index contributed by atoms with van der Waals surface area (Å²) in [4.78, 5) is 4.22. The minimum atomic E-state index is 0.405. The van der Waals surface area contributed by atoms with Crippen LogP contribution in [-0.4, -0.2) is 15.2 Å². The van der Waals surface area contributed by atoms with E-state index in [4.69, 9.17) is 5.84 Å². The molecule has 1 aromatic heterocycles. The van der Waals surface area contributed by atoms with Gasteiger partial charge in [0.1, 0.15) is 0 Å². The summed E-state index contributed by atoms with van der Waals surface area (Å²) >= 11 is 0. The number of nitrogens with two attached hydrogens (primary N) is 1. The second-order valence-corrected chi connectivity index (χ2v) is 6.31. The first-order valence-electron chi connectivity index (χ1n) is 6.99. The van der Waals surface area contributed by atoms with E-state index in [0.29, 0.717) is 11.9 Å². The highest BCUT2D eigenvalue weighted by Gasteiger charge is 2.49. The maximum Gasteiger partial charge on any atom is 0.256 e. The third-order valence-electron chi connectivity index (χ3n) is 5.28. The Morgan fingerprint density at radius 3 is 2.17 bits per heavy atom.